The fraction of sp³-hybridized carbons (Fsp3) is 0.704. The third-order valence-corrected chi connectivity index (χ3v) is 11.3. The van der Waals surface area contributed by atoms with E-state index in [0.29, 0.717) is 91.9 Å². The van der Waals surface area contributed by atoms with Crippen molar-refractivity contribution in [1.29, 1.82) is 0 Å². The molecule has 0 aliphatic rings. The highest BCUT2D eigenvalue weighted by Crippen LogP contribution is 2.08. The zero-order chi connectivity index (χ0) is 67.9. The molecule has 0 aliphatic heterocycles. The van der Waals surface area contributed by atoms with Gasteiger partial charge in [0.15, 0.2) is 0 Å². The number of hydrogen-bond donors (Lipinski definition) is 0. The van der Waals surface area contributed by atoms with Crippen LogP contribution in [0.25, 0.3) is 0 Å². The van der Waals surface area contributed by atoms with E-state index in [1.54, 1.807) is 62.7 Å². The molecule has 0 aromatic rings. The summed E-state index contributed by atoms with van der Waals surface area (Å²) < 4.78 is 44.1. The lowest BCUT2D eigenvalue weighted by atomic mass is 10.1. The fourth-order valence-corrected chi connectivity index (χ4v) is 5.86. The Morgan fingerprint density at radius 3 is 0.529 bits per heavy atom. The summed E-state index contributed by atoms with van der Waals surface area (Å²) in [6.45, 7) is 51.9. The van der Waals surface area contributed by atoms with E-state index >= 15 is 0 Å². The van der Waals surface area contributed by atoms with Crippen molar-refractivity contribution in [3.05, 3.63) is 85.1 Å². The Labute approximate surface area is 531 Å². The summed E-state index contributed by atoms with van der Waals surface area (Å²) in [5, 5.41) is 0. The first-order chi connectivity index (χ1) is 41.3. The molecule has 0 heterocycles. The fourth-order valence-electron chi connectivity index (χ4n) is 5.86. The number of hydrogen-bond acceptors (Lipinski definition) is 16. The molecule has 0 rings (SSSR count). The smallest absolute Gasteiger partial charge is 0.333 e. The van der Waals surface area contributed by atoms with Crippen molar-refractivity contribution in [2.24, 2.45) is 0 Å². The van der Waals surface area contributed by atoms with E-state index < -0.39 is 0 Å². The lowest BCUT2D eigenvalue weighted by Crippen LogP contribution is -2.06. The molecule has 0 spiro atoms. The van der Waals surface area contributed by atoms with Gasteiger partial charge in [-0.15, -0.1) is 0 Å². The molecule has 16 heteroatoms. The van der Waals surface area contributed by atoms with Gasteiger partial charge in [-0.1, -0.05) is 190 Å². The predicted molar refractivity (Wildman–Crippen MR) is 357 cm³/mol. The highest BCUT2D eigenvalue weighted by molar-refractivity contribution is 5.89. The van der Waals surface area contributed by atoms with E-state index in [0.717, 1.165) is 116 Å². The zero-order valence-electron chi connectivity index (χ0n) is 57.9. The van der Waals surface area contributed by atoms with Crippen molar-refractivity contribution >= 4 is 41.8 Å². The van der Waals surface area contributed by atoms with Crippen LogP contribution in [-0.4, -0.2) is 115 Å². The Kier molecular flexibility index (Phi) is 83.6. The number of ether oxygens (including phenoxy) is 9. The molecule has 0 N–H and O–H groups in total. The zero-order valence-corrected chi connectivity index (χ0v) is 57.9. The van der Waals surface area contributed by atoms with E-state index in [-0.39, 0.29) is 41.8 Å². The summed E-state index contributed by atoms with van der Waals surface area (Å²) in [4.78, 5) is 76.0. The molecule has 0 bridgehead atoms. The molecule has 0 saturated carbocycles. The highest BCUT2D eigenvalue weighted by Gasteiger charge is 2.06. The SMILES string of the molecule is C=C(C)C(=O)OCCCC.C=C(C)C(=O)OCCCCC.C=C(C)C(=O)OCCCCCC.C=C(C)C(=O)OCCCCCCC.C=C(C)C(=O)OCCCCCCCCC.C=C(C)C(=O)OCCCCCCOC.C=C(C)C(=O)OCCCCOC. The van der Waals surface area contributed by atoms with Crippen molar-refractivity contribution in [3.8, 4) is 0 Å². The van der Waals surface area contributed by atoms with Crippen LogP contribution in [-0.2, 0) is 76.2 Å². The maximum Gasteiger partial charge on any atom is 0.333 e. The Hall–Kier alpha value is -5.61. The van der Waals surface area contributed by atoms with Gasteiger partial charge in [0.1, 0.15) is 0 Å². The molecule has 508 valence electrons. The number of rotatable bonds is 45. The van der Waals surface area contributed by atoms with E-state index in [4.69, 9.17) is 42.6 Å². The monoisotopic (exact) mass is 1240 g/mol. The van der Waals surface area contributed by atoms with Crippen LogP contribution in [0.3, 0.4) is 0 Å². The van der Waals surface area contributed by atoms with Gasteiger partial charge in [-0.3, -0.25) is 0 Å². The van der Waals surface area contributed by atoms with Crippen molar-refractivity contribution in [3.63, 3.8) is 0 Å². The average Bonchev–Trinajstić information content (AvgIpc) is 3.48. The number of carbonyl (C=O) groups excluding carboxylic acids is 7. The standard InChI is InChI=1S/C13H24O2.C11H20O3.C11H20O2.C10H18O2.C9H16O3.C9H16O2.C8H14O2/c1-4-5-6-7-8-9-10-11-15-13(14)12(2)3;1-10(2)11(12)14-9-7-5-4-6-8-13-3;1-4-5-6-7-8-9-13-11(12)10(2)3;1-4-5-6-7-8-12-10(11)9(2)3;1-8(2)9(10)12-7-5-4-6-11-3;1-4-5-6-7-11-9(10)8(2)3;1-4-5-6-10-8(9)7(2)3/h2,4-11H2,1,3H3;1,4-9H2,2-3H3;2,4-9H2,1,3H3;2,4-8H2,1,3H3;1,4-7H2,2-3H3;2,4-7H2,1,3H3;2,4-6H2,1,3H3. The largest absolute Gasteiger partial charge is 0.462 e. The second kappa shape index (κ2) is 76.5. The number of unbranched alkanes of at least 4 members (excludes halogenated alkanes) is 20. The second-order valence-corrected chi connectivity index (χ2v) is 21.2. The summed E-state index contributed by atoms with van der Waals surface area (Å²) in [6, 6.07) is 0. The summed E-state index contributed by atoms with van der Waals surface area (Å²) in [5.74, 6) is -1.97. The van der Waals surface area contributed by atoms with Gasteiger partial charge in [-0.2, -0.15) is 0 Å². The summed E-state index contributed by atoms with van der Waals surface area (Å²) in [6.07, 6.45) is 30.2. The van der Waals surface area contributed by atoms with Gasteiger partial charge in [0.05, 0.1) is 46.2 Å². The molecular weight excluding hydrogens is 1110 g/mol. The maximum atomic E-state index is 11.0. The van der Waals surface area contributed by atoms with Gasteiger partial charge in [0, 0.05) is 66.4 Å². The van der Waals surface area contributed by atoms with Gasteiger partial charge in [0.25, 0.3) is 0 Å². The summed E-state index contributed by atoms with van der Waals surface area (Å²) >= 11 is 0. The lowest BCUT2D eigenvalue weighted by molar-refractivity contribution is -0.140. The first kappa shape index (κ1) is 95.0. The molecule has 0 radical (unpaired) electrons. The van der Waals surface area contributed by atoms with Gasteiger partial charge in [0.2, 0.25) is 0 Å². The van der Waals surface area contributed by atoms with Gasteiger partial charge < -0.3 is 42.6 Å². The number of carbonyl (C=O) groups is 7. The Morgan fingerprint density at radius 2 is 0.333 bits per heavy atom. The van der Waals surface area contributed by atoms with E-state index in [1.807, 2.05) is 0 Å². The first-order valence-electron chi connectivity index (χ1n) is 32.0. The van der Waals surface area contributed by atoms with Crippen LogP contribution in [0.1, 0.15) is 256 Å². The van der Waals surface area contributed by atoms with Crippen molar-refractivity contribution in [2.75, 3.05) is 73.7 Å². The second-order valence-electron chi connectivity index (χ2n) is 21.2. The predicted octanol–water partition coefficient (Wildman–Crippen LogP) is 17.7. The molecular formula is C71H128O16. The quantitative estimate of drug-likeness (QED) is 0.0241. The summed E-state index contributed by atoms with van der Waals surface area (Å²) in [5.41, 5.74) is 3.29. The average molecular weight is 1240 g/mol. The third-order valence-electron chi connectivity index (χ3n) is 11.3. The van der Waals surface area contributed by atoms with Crippen LogP contribution >= 0.6 is 0 Å². The van der Waals surface area contributed by atoms with Gasteiger partial charge in [-0.05, 0) is 113 Å². The highest BCUT2D eigenvalue weighted by atomic mass is 16.6. The van der Waals surface area contributed by atoms with Crippen LogP contribution in [0, 0.1) is 0 Å². The van der Waals surface area contributed by atoms with Crippen molar-refractivity contribution < 1.29 is 76.2 Å². The molecule has 0 saturated heterocycles. The molecule has 87 heavy (non-hydrogen) atoms. The Morgan fingerprint density at radius 1 is 0.207 bits per heavy atom. The van der Waals surface area contributed by atoms with E-state index in [2.05, 4.69) is 80.7 Å². The minimum Gasteiger partial charge on any atom is -0.462 e. The Balaban J connectivity index is -0.000000172. The number of methoxy groups -OCH3 is 2. The number of esters is 7. The van der Waals surface area contributed by atoms with Gasteiger partial charge in [-0.25, -0.2) is 33.6 Å². The molecule has 16 nitrogen and oxygen atoms in total. The van der Waals surface area contributed by atoms with Crippen molar-refractivity contribution in [1.82, 2.24) is 0 Å². The topological polar surface area (TPSA) is 203 Å². The van der Waals surface area contributed by atoms with Crippen LogP contribution in [0.5, 0.6) is 0 Å². The maximum absolute atomic E-state index is 11.0. The molecule has 0 aliphatic carbocycles. The van der Waals surface area contributed by atoms with Crippen molar-refractivity contribution in [2.45, 2.75) is 256 Å². The van der Waals surface area contributed by atoms with Crippen LogP contribution in [0.2, 0.25) is 0 Å². The molecule has 0 aromatic heterocycles. The van der Waals surface area contributed by atoms with Crippen LogP contribution in [0.15, 0.2) is 85.1 Å². The molecule has 0 fully saturated rings. The Bertz CT molecular complexity index is 1780. The van der Waals surface area contributed by atoms with Crippen LogP contribution in [0.4, 0.5) is 0 Å². The van der Waals surface area contributed by atoms with Gasteiger partial charge >= 0.3 is 41.8 Å². The molecule has 0 unspecified atom stereocenters. The normalized spacial score (nSPS) is 9.59. The summed E-state index contributed by atoms with van der Waals surface area (Å²) in [7, 11) is 3.36. The minimum atomic E-state index is -0.313. The van der Waals surface area contributed by atoms with E-state index in [9.17, 15) is 33.6 Å². The molecule has 0 atom stereocenters. The molecule has 0 amide bonds. The third kappa shape index (κ3) is 89.3. The minimum absolute atomic E-state index is 0.263. The van der Waals surface area contributed by atoms with Crippen LogP contribution < -0.4 is 0 Å². The molecule has 0 aromatic carbocycles. The first-order valence-corrected chi connectivity index (χ1v) is 32.0. The lowest BCUT2D eigenvalue weighted by Gasteiger charge is -2.04. The van der Waals surface area contributed by atoms with E-state index in [1.165, 1.54) is 64.2 Å².